The average Bonchev–Trinajstić information content (AvgIpc) is 2.75. The van der Waals surface area contributed by atoms with E-state index in [9.17, 15) is 9.59 Å². The Bertz CT molecular complexity index is 1050. The van der Waals surface area contributed by atoms with Crippen molar-refractivity contribution in [3.05, 3.63) is 101 Å². The van der Waals surface area contributed by atoms with Crippen LogP contribution in [-0.2, 0) is 4.79 Å². The zero-order valence-corrected chi connectivity index (χ0v) is 17.1. The lowest BCUT2D eigenvalue weighted by Gasteiger charge is -2.12. The van der Waals surface area contributed by atoms with Gasteiger partial charge in [-0.2, -0.15) is 0 Å². The Balaban J connectivity index is 1.86. The van der Waals surface area contributed by atoms with E-state index < -0.39 is 5.91 Å². The summed E-state index contributed by atoms with van der Waals surface area (Å²) >= 11 is 5.99. The topological polar surface area (TPSA) is 67.4 Å². The van der Waals surface area contributed by atoms with E-state index in [4.69, 9.17) is 16.3 Å². The maximum atomic E-state index is 12.9. The Morgan fingerprint density at radius 3 is 2.37 bits per heavy atom. The van der Waals surface area contributed by atoms with Crippen LogP contribution in [0.5, 0.6) is 5.75 Å². The molecule has 6 heteroatoms. The second-order valence-corrected chi connectivity index (χ2v) is 6.78. The molecule has 0 aliphatic heterocycles. The van der Waals surface area contributed by atoms with Crippen molar-refractivity contribution in [3.8, 4) is 5.75 Å². The van der Waals surface area contributed by atoms with Gasteiger partial charge in [0.25, 0.3) is 11.8 Å². The van der Waals surface area contributed by atoms with Crippen molar-refractivity contribution in [3.63, 3.8) is 0 Å². The van der Waals surface area contributed by atoms with Crippen LogP contribution < -0.4 is 15.4 Å². The van der Waals surface area contributed by atoms with Crippen LogP contribution in [0, 0.1) is 0 Å². The number of hydrogen-bond acceptors (Lipinski definition) is 3. The van der Waals surface area contributed by atoms with E-state index in [2.05, 4.69) is 10.6 Å². The number of hydrogen-bond donors (Lipinski definition) is 2. The highest BCUT2D eigenvalue weighted by molar-refractivity contribution is 6.31. The molecule has 0 aromatic heterocycles. The van der Waals surface area contributed by atoms with Crippen LogP contribution >= 0.6 is 11.6 Å². The highest BCUT2D eigenvalue weighted by Gasteiger charge is 2.15. The molecule has 0 atom stereocenters. The summed E-state index contributed by atoms with van der Waals surface area (Å²) in [4.78, 5) is 25.5. The van der Waals surface area contributed by atoms with Crippen molar-refractivity contribution in [2.75, 3.05) is 11.9 Å². The molecule has 5 nitrogen and oxygen atoms in total. The molecule has 0 unspecified atom stereocenters. The molecule has 0 fully saturated rings. The molecule has 0 heterocycles. The first-order valence-electron chi connectivity index (χ1n) is 9.43. The number of nitrogens with one attached hydrogen (secondary N) is 2. The molecule has 0 saturated carbocycles. The molecule has 3 rings (SSSR count). The molecule has 0 aliphatic carbocycles. The second-order valence-electron chi connectivity index (χ2n) is 6.34. The summed E-state index contributed by atoms with van der Waals surface area (Å²) in [6.07, 6.45) is 1.61. The Morgan fingerprint density at radius 1 is 0.967 bits per heavy atom. The molecule has 3 aromatic rings. The summed E-state index contributed by atoms with van der Waals surface area (Å²) in [5.41, 5.74) is 1.82. The van der Waals surface area contributed by atoms with E-state index in [1.807, 2.05) is 25.1 Å². The molecule has 0 spiro atoms. The van der Waals surface area contributed by atoms with Gasteiger partial charge in [0.05, 0.1) is 6.61 Å². The SMILES string of the molecule is CCOc1ccc(C=C(NC(=O)c2ccccc2)C(=O)Nc2cccc(Cl)c2)cc1. The summed E-state index contributed by atoms with van der Waals surface area (Å²) in [6.45, 7) is 2.47. The first-order valence-corrected chi connectivity index (χ1v) is 9.81. The zero-order chi connectivity index (χ0) is 21.3. The lowest BCUT2D eigenvalue weighted by atomic mass is 10.1. The Kier molecular flexibility index (Phi) is 7.24. The molecule has 3 aromatic carbocycles. The van der Waals surface area contributed by atoms with Gasteiger partial charge in [0.2, 0.25) is 0 Å². The molecular formula is C24H21ClN2O3. The zero-order valence-electron chi connectivity index (χ0n) is 16.4. The minimum atomic E-state index is -0.463. The number of ether oxygens (including phenoxy) is 1. The van der Waals surface area contributed by atoms with Crippen LogP contribution in [0.15, 0.2) is 84.6 Å². The fourth-order valence-electron chi connectivity index (χ4n) is 2.70. The largest absolute Gasteiger partial charge is 0.494 e. The number of carbonyl (C=O) groups is 2. The van der Waals surface area contributed by atoms with Crippen molar-refractivity contribution in [1.29, 1.82) is 0 Å². The van der Waals surface area contributed by atoms with E-state index in [1.165, 1.54) is 0 Å². The van der Waals surface area contributed by atoms with Gasteiger partial charge in [-0.3, -0.25) is 9.59 Å². The molecule has 0 saturated heterocycles. The van der Waals surface area contributed by atoms with Crippen molar-refractivity contribution in [2.45, 2.75) is 6.92 Å². The van der Waals surface area contributed by atoms with Gasteiger partial charge < -0.3 is 15.4 Å². The summed E-state index contributed by atoms with van der Waals surface area (Å²) in [5, 5.41) is 5.96. The highest BCUT2D eigenvalue weighted by atomic mass is 35.5. The Hall–Kier alpha value is -3.57. The van der Waals surface area contributed by atoms with E-state index >= 15 is 0 Å². The van der Waals surface area contributed by atoms with Crippen LogP contribution in [-0.4, -0.2) is 18.4 Å². The number of halogens is 1. The van der Waals surface area contributed by atoms with Gasteiger partial charge in [0, 0.05) is 16.3 Å². The number of carbonyl (C=O) groups excluding carboxylic acids is 2. The molecule has 0 radical (unpaired) electrons. The van der Waals surface area contributed by atoms with Crippen LogP contribution in [0.25, 0.3) is 6.08 Å². The van der Waals surface area contributed by atoms with Crippen LogP contribution in [0.1, 0.15) is 22.8 Å². The lowest BCUT2D eigenvalue weighted by molar-refractivity contribution is -0.113. The lowest BCUT2D eigenvalue weighted by Crippen LogP contribution is -2.30. The smallest absolute Gasteiger partial charge is 0.272 e. The molecule has 30 heavy (non-hydrogen) atoms. The molecule has 2 N–H and O–H groups in total. The average molecular weight is 421 g/mol. The van der Waals surface area contributed by atoms with E-state index in [1.54, 1.807) is 66.7 Å². The molecule has 0 bridgehead atoms. The number of benzene rings is 3. The van der Waals surface area contributed by atoms with Crippen molar-refractivity contribution >= 4 is 35.2 Å². The van der Waals surface area contributed by atoms with Gasteiger partial charge in [0.1, 0.15) is 11.4 Å². The quantitative estimate of drug-likeness (QED) is 0.519. The maximum absolute atomic E-state index is 12.9. The number of anilines is 1. The minimum Gasteiger partial charge on any atom is -0.494 e. The molecular weight excluding hydrogens is 400 g/mol. The molecule has 152 valence electrons. The third-order valence-electron chi connectivity index (χ3n) is 4.11. The summed E-state index contributed by atoms with van der Waals surface area (Å²) < 4.78 is 5.44. The maximum Gasteiger partial charge on any atom is 0.272 e. The van der Waals surface area contributed by atoms with Gasteiger partial charge in [-0.1, -0.05) is 48.0 Å². The summed E-state index contributed by atoms with van der Waals surface area (Å²) in [5.74, 6) is -0.114. The normalized spacial score (nSPS) is 10.9. The minimum absolute atomic E-state index is 0.105. The Labute approximate surface area is 180 Å². The predicted molar refractivity (Wildman–Crippen MR) is 120 cm³/mol. The highest BCUT2D eigenvalue weighted by Crippen LogP contribution is 2.17. The van der Waals surface area contributed by atoms with Crippen molar-refractivity contribution in [2.24, 2.45) is 0 Å². The van der Waals surface area contributed by atoms with Crippen LogP contribution in [0.4, 0.5) is 5.69 Å². The first kappa shape index (κ1) is 21.1. The van der Waals surface area contributed by atoms with E-state index in [0.29, 0.717) is 22.9 Å². The van der Waals surface area contributed by atoms with Crippen LogP contribution in [0.2, 0.25) is 5.02 Å². The van der Waals surface area contributed by atoms with E-state index in [-0.39, 0.29) is 11.6 Å². The Morgan fingerprint density at radius 2 is 1.70 bits per heavy atom. The van der Waals surface area contributed by atoms with Crippen molar-refractivity contribution < 1.29 is 14.3 Å². The monoisotopic (exact) mass is 420 g/mol. The fraction of sp³-hybridized carbons (Fsp3) is 0.0833. The van der Waals surface area contributed by atoms with Gasteiger partial charge >= 0.3 is 0 Å². The molecule has 0 aliphatic rings. The summed E-state index contributed by atoms with van der Waals surface area (Å²) in [7, 11) is 0. The third-order valence-corrected chi connectivity index (χ3v) is 4.35. The van der Waals surface area contributed by atoms with Gasteiger partial charge in [0.15, 0.2) is 0 Å². The van der Waals surface area contributed by atoms with E-state index in [0.717, 1.165) is 11.3 Å². The summed E-state index contributed by atoms with van der Waals surface area (Å²) in [6, 6.07) is 22.7. The van der Waals surface area contributed by atoms with Gasteiger partial charge in [-0.25, -0.2) is 0 Å². The molecule has 2 amide bonds. The standard InChI is InChI=1S/C24H21ClN2O3/c1-2-30-21-13-11-17(12-14-21)15-22(27-23(28)18-7-4-3-5-8-18)24(29)26-20-10-6-9-19(25)16-20/h3-16H,2H2,1H3,(H,26,29)(H,27,28). The van der Waals surface area contributed by atoms with Gasteiger partial charge in [-0.15, -0.1) is 0 Å². The van der Waals surface area contributed by atoms with Crippen molar-refractivity contribution in [1.82, 2.24) is 5.32 Å². The fourth-order valence-corrected chi connectivity index (χ4v) is 2.89. The second kappa shape index (κ2) is 10.3. The number of rotatable bonds is 7. The van der Waals surface area contributed by atoms with Crippen LogP contribution in [0.3, 0.4) is 0 Å². The van der Waals surface area contributed by atoms with Gasteiger partial charge in [-0.05, 0) is 61.0 Å². The third kappa shape index (κ3) is 5.96. The predicted octanol–water partition coefficient (Wildman–Crippen LogP) is 5.15. The first-order chi connectivity index (χ1) is 14.5. The number of amides is 2.